The Hall–Kier alpha value is -3.61. The summed E-state index contributed by atoms with van der Waals surface area (Å²) in [5.41, 5.74) is 4.65. The van der Waals surface area contributed by atoms with Crippen molar-refractivity contribution in [2.24, 2.45) is 11.8 Å². The summed E-state index contributed by atoms with van der Waals surface area (Å²) >= 11 is 0. The van der Waals surface area contributed by atoms with Crippen LogP contribution in [0.25, 0.3) is 11.1 Å². The summed E-state index contributed by atoms with van der Waals surface area (Å²) in [6.07, 6.45) is 2.08. The third-order valence-corrected chi connectivity index (χ3v) is 5.92. The largest absolute Gasteiger partial charge is 0.478 e. The van der Waals surface area contributed by atoms with Gasteiger partial charge in [-0.15, -0.1) is 0 Å². The lowest BCUT2D eigenvalue weighted by Crippen LogP contribution is -2.36. The Kier molecular flexibility index (Phi) is 8.24. The molecule has 1 aliphatic carbocycles. The van der Waals surface area contributed by atoms with E-state index in [4.69, 9.17) is 9.84 Å². The molecule has 1 aliphatic rings. The minimum Gasteiger partial charge on any atom is -0.478 e. The number of fused-ring (bicyclic) bond motifs is 3. The zero-order chi connectivity index (χ0) is 23.8. The molecule has 3 N–H and O–H groups in total. The predicted octanol–water partition coefficient (Wildman–Crippen LogP) is 3.94. The highest BCUT2D eigenvalue weighted by atomic mass is 16.5. The number of hydrogen-bond donors (Lipinski definition) is 3. The van der Waals surface area contributed by atoms with E-state index < -0.39 is 12.1 Å². The monoisotopic (exact) mass is 450 g/mol. The van der Waals surface area contributed by atoms with Crippen molar-refractivity contribution >= 4 is 18.0 Å². The van der Waals surface area contributed by atoms with Crippen molar-refractivity contribution in [3.8, 4) is 11.1 Å². The van der Waals surface area contributed by atoms with E-state index >= 15 is 0 Å². The minimum absolute atomic E-state index is 0.00585. The number of ether oxygens (including phenoxy) is 1. The van der Waals surface area contributed by atoms with Crippen LogP contribution in [0.15, 0.2) is 60.7 Å². The van der Waals surface area contributed by atoms with Gasteiger partial charge in [-0.2, -0.15) is 0 Å². The highest BCUT2D eigenvalue weighted by molar-refractivity contribution is 5.80. The fraction of sp³-hybridized carbons (Fsp3) is 0.346. The quantitative estimate of drug-likeness (QED) is 0.476. The summed E-state index contributed by atoms with van der Waals surface area (Å²) in [5, 5.41) is 14.0. The van der Waals surface area contributed by atoms with E-state index in [1.165, 1.54) is 17.2 Å². The molecule has 0 bridgehead atoms. The molecule has 1 atom stereocenters. The van der Waals surface area contributed by atoms with Crippen LogP contribution >= 0.6 is 0 Å². The lowest BCUT2D eigenvalue weighted by atomic mass is 9.92. The van der Waals surface area contributed by atoms with Crippen molar-refractivity contribution in [1.29, 1.82) is 0 Å². The third-order valence-electron chi connectivity index (χ3n) is 5.92. The summed E-state index contributed by atoms with van der Waals surface area (Å²) in [6.45, 7) is 4.68. The van der Waals surface area contributed by atoms with Crippen LogP contribution < -0.4 is 10.6 Å². The molecule has 3 rings (SSSR count). The van der Waals surface area contributed by atoms with E-state index in [0.717, 1.165) is 17.2 Å². The van der Waals surface area contributed by atoms with E-state index in [2.05, 4.69) is 34.9 Å². The molecule has 174 valence electrons. The summed E-state index contributed by atoms with van der Waals surface area (Å²) in [5.74, 6) is -1.17. The average Bonchev–Trinajstić information content (AvgIpc) is 3.11. The minimum atomic E-state index is -1.06. The molecule has 7 heteroatoms. The molecule has 0 radical (unpaired) electrons. The lowest BCUT2D eigenvalue weighted by Gasteiger charge is -2.21. The van der Waals surface area contributed by atoms with Crippen molar-refractivity contribution in [2.75, 3.05) is 19.7 Å². The first-order valence-electron chi connectivity index (χ1n) is 11.1. The first kappa shape index (κ1) is 24.0. The van der Waals surface area contributed by atoms with E-state index in [1.54, 1.807) is 0 Å². The molecule has 0 saturated heterocycles. The molecule has 33 heavy (non-hydrogen) atoms. The zero-order valence-corrected chi connectivity index (χ0v) is 18.9. The molecule has 0 aliphatic heterocycles. The molecule has 2 aromatic carbocycles. The van der Waals surface area contributed by atoms with Crippen LogP contribution in [-0.4, -0.2) is 42.8 Å². The number of amides is 2. The van der Waals surface area contributed by atoms with Gasteiger partial charge in [0.15, 0.2) is 0 Å². The highest BCUT2D eigenvalue weighted by Crippen LogP contribution is 2.44. The van der Waals surface area contributed by atoms with Crippen LogP contribution in [0.1, 0.15) is 37.3 Å². The molecular formula is C26H30N2O5. The fourth-order valence-corrected chi connectivity index (χ4v) is 4.05. The maximum Gasteiger partial charge on any atom is 0.407 e. The van der Waals surface area contributed by atoms with E-state index in [1.807, 2.05) is 38.1 Å². The second-order valence-electron chi connectivity index (χ2n) is 8.46. The Bertz CT molecular complexity index is 985. The van der Waals surface area contributed by atoms with Crippen LogP contribution in [0.2, 0.25) is 0 Å². The van der Waals surface area contributed by atoms with E-state index in [-0.39, 0.29) is 43.2 Å². The maximum absolute atomic E-state index is 12.4. The van der Waals surface area contributed by atoms with Crippen LogP contribution in [-0.2, 0) is 14.3 Å². The van der Waals surface area contributed by atoms with Gasteiger partial charge in [-0.05, 0) is 34.1 Å². The molecular weight excluding hydrogens is 420 g/mol. The van der Waals surface area contributed by atoms with Crippen molar-refractivity contribution in [3.05, 3.63) is 71.8 Å². The van der Waals surface area contributed by atoms with Gasteiger partial charge in [0.25, 0.3) is 0 Å². The maximum atomic E-state index is 12.4. The number of carbonyl (C=O) groups is 3. The molecule has 0 saturated carbocycles. The van der Waals surface area contributed by atoms with Crippen molar-refractivity contribution in [3.63, 3.8) is 0 Å². The van der Waals surface area contributed by atoms with Gasteiger partial charge in [0.1, 0.15) is 6.61 Å². The van der Waals surface area contributed by atoms with Gasteiger partial charge >= 0.3 is 12.1 Å². The number of hydrogen-bond acceptors (Lipinski definition) is 4. The summed E-state index contributed by atoms with van der Waals surface area (Å²) < 4.78 is 5.56. The average molecular weight is 451 g/mol. The topological polar surface area (TPSA) is 105 Å². The first-order valence-corrected chi connectivity index (χ1v) is 11.1. The van der Waals surface area contributed by atoms with Crippen LogP contribution in [0, 0.1) is 11.8 Å². The van der Waals surface area contributed by atoms with Gasteiger partial charge in [0.05, 0.1) is 0 Å². The number of carboxylic acid groups (broad SMARTS) is 1. The SMILES string of the molecule is CC(C)C(CNC(=O)OCC1c2ccccc2-c2ccccc21)CC(=O)NC/C=C/C(=O)O. The first-order chi connectivity index (χ1) is 15.9. The Balaban J connectivity index is 1.50. The van der Waals surface area contributed by atoms with Gasteiger partial charge in [-0.25, -0.2) is 9.59 Å². The van der Waals surface area contributed by atoms with Gasteiger partial charge in [-0.1, -0.05) is 68.5 Å². The standard InChI is InChI=1S/C26H30N2O5/c1-17(2)18(14-24(29)27-13-7-12-25(30)31)15-28-26(32)33-16-23-21-10-5-3-8-19(21)20-9-4-6-11-22(20)23/h3-12,17-18,23H,13-16H2,1-2H3,(H,27,29)(H,28,32)(H,30,31)/b12-7+. The Labute approximate surface area is 193 Å². The second kappa shape index (κ2) is 11.3. The van der Waals surface area contributed by atoms with E-state index in [0.29, 0.717) is 6.54 Å². The second-order valence-corrected chi connectivity index (χ2v) is 8.46. The smallest absolute Gasteiger partial charge is 0.407 e. The molecule has 0 heterocycles. The summed E-state index contributed by atoms with van der Waals surface area (Å²) in [6, 6.07) is 16.3. The van der Waals surface area contributed by atoms with Gasteiger partial charge in [-0.3, -0.25) is 4.79 Å². The summed E-state index contributed by atoms with van der Waals surface area (Å²) in [4.78, 5) is 35.0. The van der Waals surface area contributed by atoms with Gasteiger partial charge in [0.2, 0.25) is 5.91 Å². The Morgan fingerprint density at radius 1 is 1.00 bits per heavy atom. The highest BCUT2D eigenvalue weighted by Gasteiger charge is 2.29. The van der Waals surface area contributed by atoms with E-state index in [9.17, 15) is 14.4 Å². The van der Waals surface area contributed by atoms with Crippen LogP contribution in [0.5, 0.6) is 0 Å². The molecule has 2 aromatic rings. The third kappa shape index (κ3) is 6.44. The molecule has 1 unspecified atom stereocenters. The van der Waals surface area contributed by atoms with Gasteiger partial charge < -0.3 is 20.5 Å². The molecule has 0 fully saturated rings. The van der Waals surface area contributed by atoms with Crippen LogP contribution in [0.4, 0.5) is 4.79 Å². The van der Waals surface area contributed by atoms with Crippen molar-refractivity contribution in [1.82, 2.24) is 10.6 Å². The normalized spacial score (nSPS) is 13.4. The zero-order valence-electron chi connectivity index (χ0n) is 18.9. The summed E-state index contributed by atoms with van der Waals surface area (Å²) in [7, 11) is 0. The number of rotatable bonds is 10. The Morgan fingerprint density at radius 2 is 1.61 bits per heavy atom. The number of carbonyl (C=O) groups excluding carboxylic acids is 2. The van der Waals surface area contributed by atoms with Crippen LogP contribution in [0.3, 0.4) is 0 Å². The number of carboxylic acids is 1. The molecule has 0 aromatic heterocycles. The van der Waals surface area contributed by atoms with Crippen molar-refractivity contribution < 1.29 is 24.2 Å². The Morgan fingerprint density at radius 3 is 2.18 bits per heavy atom. The molecule has 0 spiro atoms. The number of aliphatic carboxylic acids is 1. The number of nitrogens with one attached hydrogen (secondary N) is 2. The number of alkyl carbamates (subject to hydrolysis) is 1. The number of benzene rings is 2. The van der Waals surface area contributed by atoms with Gasteiger partial charge in [0, 0.05) is 31.5 Å². The molecule has 2 amide bonds. The lowest BCUT2D eigenvalue weighted by molar-refractivity contribution is -0.131. The van der Waals surface area contributed by atoms with Crippen molar-refractivity contribution in [2.45, 2.75) is 26.2 Å². The fourth-order valence-electron chi connectivity index (χ4n) is 4.05. The molecule has 7 nitrogen and oxygen atoms in total. The predicted molar refractivity (Wildman–Crippen MR) is 126 cm³/mol.